The Labute approximate surface area is 84.1 Å². The maximum Gasteiger partial charge on any atom is 0.122 e. The Hall–Kier alpha value is -1.28. The van der Waals surface area contributed by atoms with Gasteiger partial charge in [0.2, 0.25) is 0 Å². The van der Waals surface area contributed by atoms with E-state index in [4.69, 9.17) is 4.74 Å². The zero-order chi connectivity index (χ0) is 9.97. The molecular formula is C12H15NO. The summed E-state index contributed by atoms with van der Waals surface area (Å²) in [7, 11) is 0. The number of nitrogens with zero attached hydrogens (tertiary/aromatic N) is 1. The molecule has 0 aliphatic rings. The second kappa shape index (κ2) is 3.84. The van der Waals surface area contributed by atoms with E-state index in [2.05, 4.69) is 42.0 Å². The molecule has 1 aromatic heterocycles. The van der Waals surface area contributed by atoms with Crippen LogP contribution >= 0.6 is 0 Å². The monoisotopic (exact) mass is 189 g/mol. The molecule has 2 aromatic rings. The molecule has 0 spiro atoms. The van der Waals surface area contributed by atoms with Gasteiger partial charge in [-0.3, -0.25) is 0 Å². The SMILES string of the molecule is CCOCn1ccc2ccc(C)cc21. The van der Waals surface area contributed by atoms with Crippen LogP contribution in [0.1, 0.15) is 12.5 Å². The molecule has 2 nitrogen and oxygen atoms in total. The van der Waals surface area contributed by atoms with Gasteiger partial charge in [0.15, 0.2) is 0 Å². The number of rotatable bonds is 3. The first-order chi connectivity index (χ1) is 6.81. The van der Waals surface area contributed by atoms with Gasteiger partial charge in [-0.15, -0.1) is 0 Å². The van der Waals surface area contributed by atoms with Crippen LogP contribution in [-0.4, -0.2) is 11.2 Å². The van der Waals surface area contributed by atoms with E-state index < -0.39 is 0 Å². The molecule has 0 aliphatic heterocycles. The summed E-state index contributed by atoms with van der Waals surface area (Å²) in [6, 6.07) is 8.59. The van der Waals surface area contributed by atoms with Crippen molar-refractivity contribution in [3.63, 3.8) is 0 Å². The van der Waals surface area contributed by atoms with Gasteiger partial charge in [-0.2, -0.15) is 0 Å². The quantitative estimate of drug-likeness (QED) is 0.724. The zero-order valence-corrected chi connectivity index (χ0v) is 8.66. The number of ether oxygens (including phenoxy) is 1. The van der Waals surface area contributed by atoms with E-state index in [0.29, 0.717) is 6.73 Å². The minimum absolute atomic E-state index is 0.642. The molecule has 0 bridgehead atoms. The molecule has 14 heavy (non-hydrogen) atoms. The first-order valence-corrected chi connectivity index (χ1v) is 4.94. The van der Waals surface area contributed by atoms with Crippen LogP contribution in [0.15, 0.2) is 30.5 Å². The molecule has 74 valence electrons. The van der Waals surface area contributed by atoms with Crippen molar-refractivity contribution in [1.82, 2.24) is 4.57 Å². The highest BCUT2D eigenvalue weighted by molar-refractivity contribution is 5.80. The van der Waals surface area contributed by atoms with Gasteiger partial charge in [-0.1, -0.05) is 12.1 Å². The molecule has 0 N–H and O–H groups in total. The highest BCUT2D eigenvalue weighted by Gasteiger charge is 1.99. The van der Waals surface area contributed by atoms with Crippen LogP contribution in [0.2, 0.25) is 0 Å². The van der Waals surface area contributed by atoms with Gasteiger partial charge in [0.1, 0.15) is 6.73 Å². The van der Waals surface area contributed by atoms with Crippen LogP contribution in [0.25, 0.3) is 10.9 Å². The first kappa shape index (κ1) is 9.28. The summed E-state index contributed by atoms with van der Waals surface area (Å²) >= 11 is 0. The number of fused-ring (bicyclic) bond motifs is 1. The lowest BCUT2D eigenvalue weighted by atomic mass is 10.2. The third kappa shape index (κ3) is 1.66. The van der Waals surface area contributed by atoms with E-state index in [-0.39, 0.29) is 0 Å². The molecule has 1 aromatic carbocycles. The molecule has 0 unspecified atom stereocenters. The highest BCUT2D eigenvalue weighted by atomic mass is 16.5. The molecule has 0 saturated heterocycles. The lowest BCUT2D eigenvalue weighted by Gasteiger charge is -2.05. The lowest BCUT2D eigenvalue weighted by molar-refractivity contribution is 0.0909. The summed E-state index contributed by atoms with van der Waals surface area (Å²) in [5.74, 6) is 0. The van der Waals surface area contributed by atoms with Crippen molar-refractivity contribution < 1.29 is 4.74 Å². The van der Waals surface area contributed by atoms with Crippen molar-refractivity contribution in [1.29, 1.82) is 0 Å². The fourth-order valence-electron chi connectivity index (χ4n) is 1.60. The van der Waals surface area contributed by atoms with Gasteiger partial charge in [0.05, 0.1) is 5.52 Å². The van der Waals surface area contributed by atoms with Crippen LogP contribution in [0.4, 0.5) is 0 Å². The molecule has 2 heteroatoms. The summed E-state index contributed by atoms with van der Waals surface area (Å²) in [6.07, 6.45) is 2.07. The summed E-state index contributed by atoms with van der Waals surface area (Å²) in [6.45, 7) is 5.52. The predicted octanol–water partition coefficient (Wildman–Crippen LogP) is 2.94. The Morgan fingerprint density at radius 3 is 2.93 bits per heavy atom. The Kier molecular flexibility index (Phi) is 2.55. The summed E-state index contributed by atoms with van der Waals surface area (Å²) in [5.41, 5.74) is 2.53. The normalized spacial score (nSPS) is 11.0. The van der Waals surface area contributed by atoms with E-state index in [1.54, 1.807) is 0 Å². The van der Waals surface area contributed by atoms with Gasteiger partial charge < -0.3 is 9.30 Å². The van der Waals surface area contributed by atoms with E-state index in [9.17, 15) is 0 Å². The fourth-order valence-corrected chi connectivity index (χ4v) is 1.60. The molecule has 1 heterocycles. The zero-order valence-electron chi connectivity index (χ0n) is 8.66. The van der Waals surface area contributed by atoms with Gasteiger partial charge in [-0.25, -0.2) is 0 Å². The smallest absolute Gasteiger partial charge is 0.122 e. The van der Waals surface area contributed by atoms with Crippen LogP contribution in [0.5, 0.6) is 0 Å². The Morgan fingerprint density at radius 1 is 1.29 bits per heavy atom. The van der Waals surface area contributed by atoms with E-state index in [0.717, 1.165) is 6.61 Å². The third-order valence-corrected chi connectivity index (χ3v) is 2.36. The van der Waals surface area contributed by atoms with Crippen LogP contribution in [-0.2, 0) is 11.5 Å². The second-order valence-electron chi connectivity index (χ2n) is 3.47. The minimum Gasteiger partial charge on any atom is -0.361 e. The van der Waals surface area contributed by atoms with Gasteiger partial charge >= 0.3 is 0 Å². The fraction of sp³-hybridized carbons (Fsp3) is 0.333. The number of benzene rings is 1. The van der Waals surface area contributed by atoms with E-state index >= 15 is 0 Å². The van der Waals surface area contributed by atoms with Gasteiger partial charge in [0.25, 0.3) is 0 Å². The summed E-state index contributed by atoms with van der Waals surface area (Å²) in [5, 5.41) is 1.27. The molecule has 0 amide bonds. The summed E-state index contributed by atoms with van der Waals surface area (Å²) in [4.78, 5) is 0. The first-order valence-electron chi connectivity index (χ1n) is 4.94. The summed E-state index contributed by atoms with van der Waals surface area (Å²) < 4.78 is 7.52. The Morgan fingerprint density at radius 2 is 2.14 bits per heavy atom. The molecule has 0 atom stereocenters. The highest BCUT2D eigenvalue weighted by Crippen LogP contribution is 2.17. The second-order valence-corrected chi connectivity index (χ2v) is 3.47. The number of hydrogen-bond acceptors (Lipinski definition) is 1. The number of hydrogen-bond donors (Lipinski definition) is 0. The maximum atomic E-state index is 5.39. The Bertz CT molecular complexity index is 431. The third-order valence-electron chi connectivity index (χ3n) is 2.36. The number of aryl methyl sites for hydroxylation is 1. The lowest BCUT2D eigenvalue weighted by Crippen LogP contribution is -2.00. The molecular weight excluding hydrogens is 174 g/mol. The van der Waals surface area contributed by atoms with Gasteiger partial charge in [-0.05, 0) is 36.9 Å². The molecule has 0 saturated carbocycles. The van der Waals surface area contributed by atoms with E-state index in [1.807, 2.05) is 6.92 Å². The molecule has 0 fully saturated rings. The van der Waals surface area contributed by atoms with Crippen molar-refractivity contribution >= 4 is 10.9 Å². The van der Waals surface area contributed by atoms with Crippen LogP contribution in [0, 0.1) is 6.92 Å². The standard InChI is InChI=1S/C12H15NO/c1-3-14-9-13-7-6-11-5-4-10(2)8-12(11)13/h4-8H,3,9H2,1-2H3. The Balaban J connectivity index is 2.40. The molecule has 0 aliphatic carbocycles. The molecule has 0 radical (unpaired) electrons. The van der Waals surface area contributed by atoms with Crippen molar-refractivity contribution in [3.8, 4) is 0 Å². The van der Waals surface area contributed by atoms with Crippen molar-refractivity contribution in [3.05, 3.63) is 36.0 Å². The largest absolute Gasteiger partial charge is 0.361 e. The van der Waals surface area contributed by atoms with Crippen LogP contribution < -0.4 is 0 Å². The van der Waals surface area contributed by atoms with Crippen LogP contribution in [0.3, 0.4) is 0 Å². The maximum absolute atomic E-state index is 5.39. The average molecular weight is 189 g/mol. The molecule has 2 rings (SSSR count). The van der Waals surface area contributed by atoms with Crippen molar-refractivity contribution in [2.24, 2.45) is 0 Å². The predicted molar refractivity (Wildman–Crippen MR) is 58.3 cm³/mol. The van der Waals surface area contributed by atoms with Gasteiger partial charge in [0, 0.05) is 12.8 Å². The van der Waals surface area contributed by atoms with Crippen molar-refractivity contribution in [2.75, 3.05) is 6.61 Å². The topological polar surface area (TPSA) is 14.2 Å². The number of aromatic nitrogens is 1. The van der Waals surface area contributed by atoms with E-state index in [1.165, 1.54) is 16.5 Å². The minimum atomic E-state index is 0.642. The van der Waals surface area contributed by atoms with Crippen molar-refractivity contribution in [2.45, 2.75) is 20.6 Å². The average Bonchev–Trinajstić information content (AvgIpc) is 2.57.